The molecule has 0 bridgehead atoms. The van der Waals surface area contributed by atoms with Gasteiger partial charge in [-0.15, -0.1) is 0 Å². The lowest BCUT2D eigenvalue weighted by Crippen LogP contribution is -2.38. The molecular weight excluding hydrogens is 184 g/mol. The van der Waals surface area contributed by atoms with Crippen LogP contribution < -0.4 is 0 Å². The maximum Gasteiger partial charge on any atom is 0.106 e. The fourth-order valence-electron chi connectivity index (χ4n) is 2.20. The fraction of sp³-hybridized carbons (Fsp3) is 0.462. The molecule has 0 N–H and O–H groups in total. The van der Waals surface area contributed by atoms with Crippen molar-refractivity contribution in [3.63, 3.8) is 0 Å². The minimum atomic E-state index is -0.254. The number of nitriles is 1. The molecule has 1 saturated heterocycles. The Morgan fingerprint density at radius 2 is 2.13 bits per heavy atom. The molecule has 0 radical (unpaired) electrons. The third-order valence-corrected chi connectivity index (χ3v) is 3.25. The van der Waals surface area contributed by atoms with Crippen LogP contribution in [0.5, 0.6) is 0 Å². The first kappa shape index (κ1) is 10.2. The molecule has 0 aliphatic carbocycles. The van der Waals surface area contributed by atoms with Crippen molar-refractivity contribution in [3.05, 3.63) is 35.9 Å². The van der Waals surface area contributed by atoms with Crippen LogP contribution in [0.2, 0.25) is 0 Å². The summed E-state index contributed by atoms with van der Waals surface area (Å²) in [6, 6.07) is 12.8. The molecule has 1 unspecified atom stereocenters. The highest BCUT2D eigenvalue weighted by atomic mass is 15.2. The van der Waals surface area contributed by atoms with Gasteiger partial charge in [0.1, 0.15) is 5.54 Å². The van der Waals surface area contributed by atoms with Crippen molar-refractivity contribution in [2.45, 2.75) is 31.8 Å². The lowest BCUT2D eigenvalue weighted by atomic mass is 10.0. The lowest BCUT2D eigenvalue weighted by Gasteiger charge is -2.28. The zero-order valence-corrected chi connectivity index (χ0v) is 9.11. The van der Waals surface area contributed by atoms with Gasteiger partial charge >= 0.3 is 0 Å². The van der Waals surface area contributed by atoms with Gasteiger partial charge in [-0.3, -0.25) is 4.90 Å². The number of hydrogen-bond acceptors (Lipinski definition) is 2. The van der Waals surface area contributed by atoms with Gasteiger partial charge in [0.2, 0.25) is 0 Å². The Hall–Kier alpha value is -1.33. The van der Waals surface area contributed by atoms with E-state index in [0.717, 1.165) is 25.9 Å². The molecule has 1 aliphatic rings. The number of nitrogens with zero attached hydrogens (tertiary/aromatic N) is 2. The van der Waals surface area contributed by atoms with E-state index in [2.05, 4.69) is 35.2 Å². The van der Waals surface area contributed by atoms with E-state index in [1.54, 1.807) is 0 Å². The Morgan fingerprint density at radius 3 is 2.80 bits per heavy atom. The highest BCUT2D eigenvalue weighted by Gasteiger charge is 2.36. The van der Waals surface area contributed by atoms with Crippen molar-refractivity contribution in [2.75, 3.05) is 6.54 Å². The van der Waals surface area contributed by atoms with Crippen molar-refractivity contribution in [1.29, 1.82) is 5.26 Å². The molecule has 0 spiro atoms. The summed E-state index contributed by atoms with van der Waals surface area (Å²) in [5, 5.41) is 9.18. The van der Waals surface area contributed by atoms with Crippen LogP contribution in [0.3, 0.4) is 0 Å². The second-order valence-electron chi connectivity index (χ2n) is 4.40. The number of hydrogen-bond donors (Lipinski definition) is 0. The van der Waals surface area contributed by atoms with Crippen molar-refractivity contribution in [1.82, 2.24) is 4.90 Å². The second kappa shape index (κ2) is 4.04. The van der Waals surface area contributed by atoms with Gasteiger partial charge < -0.3 is 0 Å². The van der Waals surface area contributed by atoms with Gasteiger partial charge in [0.05, 0.1) is 6.07 Å². The molecular formula is C13H16N2. The predicted molar refractivity (Wildman–Crippen MR) is 60.1 cm³/mol. The predicted octanol–water partition coefficient (Wildman–Crippen LogP) is 2.56. The van der Waals surface area contributed by atoms with Gasteiger partial charge in [-0.25, -0.2) is 0 Å². The van der Waals surface area contributed by atoms with Crippen molar-refractivity contribution >= 4 is 0 Å². The number of benzene rings is 1. The third-order valence-electron chi connectivity index (χ3n) is 3.25. The van der Waals surface area contributed by atoms with Crippen LogP contribution in [-0.4, -0.2) is 17.0 Å². The monoisotopic (exact) mass is 200 g/mol. The molecule has 0 amide bonds. The molecule has 15 heavy (non-hydrogen) atoms. The molecule has 1 aromatic rings. The Morgan fingerprint density at radius 1 is 1.40 bits per heavy atom. The van der Waals surface area contributed by atoms with E-state index in [1.165, 1.54) is 5.56 Å². The van der Waals surface area contributed by atoms with Crippen LogP contribution in [0.15, 0.2) is 30.3 Å². The van der Waals surface area contributed by atoms with E-state index < -0.39 is 0 Å². The largest absolute Gasteiger partial charge is 0.281 e. The first-order valence-corrected chi connectivity index (χ1v) is 5.45. The van der Waals surface area contributed by atoms with Gasteiger partial charge in [0, 0.05) is 13.1 Å². The zero-order valence-electron chi connectivity index (χ0n) is 9.11. The summed E-state index contributed by atoms with van der Waals surface area (Å²) in [6.07, 6.45) is 2.13. The van der Waals surface area contributed by atoms with Gasteiger partial charge in [-0.1, -0.05) is 30.3 Å². The Bertz CT molecular complexity index is 366. The normalized spacial score (nSPS) is 26.4. The lowest BCUT2D eigenvalue weighted by molar-refractivity contribution is 0.201. The molecule has 1 heterocycles. The first-order chi connectivity index (χ1) is 7.24. The van der Waals surface area contributed by atoms with E-state index in [4.69, 9.17) is 0 Å². The van der Waals surface area contributed by atoms with Crippen molar-refractivity contribution in [2.24, 2.45) is 0 Å². The molecule has 1 atom stereocenters. The molecule has 2 nitrogen and oxygen atoms in total. The smallest absolute Gasteiger partial charge is 0.106 e. The highest BCUT2D eigenvalue weighted by molar-refractivity contribution is 5.17. The minimum Gasteiger partial charge on any atom is -0.281 e. The van der Waals surface area contributed by atoms with Gasteiger partial charge in [0.15, 0.2) is 0 Å². The molecule has 1 aliphatic heterocycles. The fourth-order valence-corrected chi connectivity index (χ4v) is 2.20. The molecule has 0 aromatic heterocycles. The van der Waals surface area contributed by atoms with E-state index >= 15 is 0 Å². The maximum atomic E-state index is 9.18. The van der Waals surface area contributed by atoms with Gasteiger partial charge in [0.25, 0.3) is 0 Å². The molecule has 1 aromatic carbocycles. The maximum absolute atomic E-state index is 9.18. The first-order valence-electron chi connectivity index (χ1n) is 5.45. The molecule has 2 rings (SSSR count). The van der Waals surface area contributed by atoms with Crippen LogP contribution in [0.4, 0.5) is 0 Å². The van der Waals surface area contributed by atoms with E-state index in [1.807, 2.05) is 13.0 Å². The summed E-state index contributed by atoms with van der Waals surface area (Å²) in [5.74, 6) is 0. The Balaban J connectivity index is 2.10. The topological polar surface area (TPSA) is 27.0 Å². The van der Waals surface area contributed by atoms with Gasteiger partial charge in [-0.05, 0) is 25.3 Å². The average Bonchev–Trinajstić information content (AvgIpc) is 2.63. The van der Waals surface area contributed by atoms with E-state index in [-0.39, 0.29) is 5.54 Å². The Labute approximate surface area is 91.1 Å². The van der Waals surface area contributed by atoms with Crippen LogP contribution in [-0.2, 0) is 6.54 Å². The molecule has 0 saturated carbocycles. The average molecular weight is 200 g/mol. The highest BCUT2D eigenvalue weighted by Crippen LogP contribution is 2.29. The SMILES string of the molecule is CC1(C#N)CCCN1Cc1ccccc1. The van der Waals surface area contributed by atoms with Crippen molar-refractivity contribution in [3.8, 4) is 6.07 Å². The van der Waals surface area contributed by atoms with Crippen LogP contribution in [0, 0.1) is 11.3 Å². The summed E-state index contributed by atoms with van der Waals surface area (Å²) < 4.78 is 0. The summed E-state index contributed by atoms with van der Waals surface area (Å²) in [6.45, 7) is 3.98. The van der Waals surface area contributed by atoms with Gasteiger partial charge in [-0.2, -0.15) is 5.26 Å². The minimum absolute atomic E-state index is 0.254. The number of rotatable bonds is 2. The quantitative estimate of drug-likeness (QED) is 0.733. The standard InChI is InChI=1S/C13H16N2/c1-13(11-14)8-5-9-15(13)10-12-6-3-2-4-7-12/h2-4,6-7H,5,8-10H2,1H3. The van der Waals surface area contributed by atoms with E-state index in [0.29, 0.717) is 0 Å². The number of likely N-dealkylation sites (tertiary alicyclic amines) is 1. The third kappa shape index (κ3) is 2.03. The summed E-state index contributed by atoms with van der Waals surface area (Å²) >= 11 is 0. The summed E-state index contributed by atoms with van der Waals surface area (Å²) in [5.41, 5.74) is 1.04. The Kier molecular flexibility index (Phi) is 2.75. The molecule has 78 valence electrons. The van der Waals surface area contributed by atoms with E-state index in [9.17, 15) is 5.26 Å². The van der Waals surface area contributed by atoms with Crippen LogP contribution in [0.1, 0.15) is 25.3 Å². The van der Waals surface area contributed by atoms with Crippen molar-refractivity contribution < 1.29 is 0 Å². The van der Waals surface area contributed by atoms with Crippen LogP contribution >= 0.6 is 0 Å². The zero-order chi connectivity index (χ0) is 10.7. The molecule has 1 fully saturated rings. The second-order valence-corrected chi connectivity index (χ2v) is 4.40. The van der Waals surface area contributed by atoms with Crippen LogP contribution in [0.25, 0.3) is 0 Å². The molecule has 2 heteroatoms. The summed E-state index contributed by atoms with van der Waals surface area (Å²) in [4.78, 5) is 2.28. The summed E-state index contributed by atoms with van der Waals surface area (Å²) in [7, 11) is 0.